The number of rotatable bonds is 6. The zero-order valence-electron chi connectivity index (χ0n) is 26.0. The molecule has 0 radical (unpaired) electrons. The minimum Gasteiger partial charge on any atom is -0.314 e. The molecule has 0 amide bonds. The summed E-state index contributed by atoms with van der Waals surface area (Å²) in [7, 11) is 0. The average Bonchev–Trinajstić information content (AvgIpc) is 3.06. The molecule has 6 aromatic carbocycles. The van der Waals surface area contributed by atoms with Crippen molar-refractivity contribution >= 4 is 31.4 Å². The van der Waals surface area contributed by atoms with Gasteiger partial charge in [0.15, 0.2) is 0 Å². The summed E-state index contributed by atoms with van der Waals surface area (Å²) in [6.07, 6.45) is 0. The van der Waals surface area contributed by atoms with Gasteiger partial charge in [-0.2, -0.15) is 19.8 Å². The van der Waals surface area contributed by atoms with Gasteiger partial charge in [0, 0.05) is 5.02 Å². The second kappa shape index (κ2) is 16.1. The van der Waals surface area contributed by atoms with E-state index in [1.165, 1.54) is 11.1 Å². The van der Waals surface area contributed by atoms with E-state index < -0.39 is 11.1 Å². The molecule has 6 rings (SSSR count). The molecule has 3 unspecified atom stereocenters. The Morgan fingerprint density at radius 2 is 0.667 bits per heavy atom. The predicted molar refractivity (Wildman–Crippen MR) is 203 cm³/mol. The van der Waals surface area contributed by atoms with Crippen LogP contribution in [0.25, 0.3) is 0 Å². The van der Waals surface area contributed by atoms with Crippen molar-refractivity contribution in [3.05, 3.63) is 213 Å². The van der Waals surface area contributed by atoms with Crippen LogP contribution >= 0.6 is 31.4 Å². The van der Waals surface area contributed by atoms with E-state index in [1.807, 2.05) is 91.0 Å². The Morgan fingerprint density at radius 3 is 1.04 bits per heavy atom. The Hall–Kier alpha value is -3.61. The minimum atomic E-state index is -0.771. The van der Waals surface area contributed by atoms with Crippen LogP contribution in [0, 0.1) is 13.8 Å². The van der Waals surface area contributed by atoms with Gasteiger partial charge < -0.3 is 11.5 Å². The summed E-state index contributed by atoms with van der Waals surface area (Å²) in [5.41, 5.74) is 21.1. The van der Waals surface area contributed by atoms with Crippen LogP contribution in [0.5, 0.6) is 0 Å². The Kier molecular flexibility index (Phi) is 12.8. The normalized spacial score (nSPS) is 11.9. The lowest BCUT2D eigenvalue weighted by atomic mass is 9.78. The van der Waals surface area contributed by atoms with Gasteiger partial charge in [-0.1, -0.05) is 180 Å². The highest BCUT2D eigenvalue weighted by molar-refractivity contribution is 6.92. The van der Waals surface area contributed by atoms with Crippen LogP contribution in [0.1, 0.15) is 44.5 Å². The van der Waals surface area contributed by atoms with Crippen LogP contribution in [0.4, 0.5) is 0 Å². The third-order valence-electron chi connectivity index (χ3n) is 8.00. The molecule has 2 nitrogen and oxygen atoms in total. The van der Waals surface area contributed by atoms with Gasteiger partial charge in [-0.15, -0.1) is 0 Å². The van der Waals surface area contributed by atoms with Gasteiger partial charge in [-0.05, 0) is 53.3 Å². The molecule has 0 fully saturated rings. The van der Waals surface area contributed by atoms with E-state index in [9.17, 15) is 0 Å². The van der Waals surface area contributed by atoms with Gasteiger partial charge in [-0.25, -0.2) is 0 Å². The number of halogens is 1. The molecule has 5 heteroatoms. The topological polar surface area (TPSA) is 52.0 Å². The van der Waals surface area contributed by atoms with Gasteiger partial charge in [0.25, 0.3) is 0 Å². The molecule has 0 bridgehead atoms. The minimum absolute atomic E-state index is 0. The lowest BCUT2D eigenvalue weighted by Gasteiger charge is -2.32. The third kappa shape index (κ3) is 7.79. The zero-order valence-corrected chi connectivity index (χ0v) is 29.6. The van der Waals surface area contributed by atoms with Crippen molar-refractivity contribution in [2.75, 3.05) is 0 Å². The van der Waals surface area contributed by atoms with Gasteiger partial charge in [0.1, 0.15) is 0 Å². The fraction of sp³-hybridized carbons (Fsp3) is 0.100. The molecule has 230 valence electrons. The van der Waals surface area contributed by atoms with Crippen LogP contribution in [-0.4, -0.2) is 0 Å². The first-order valence-corrected chi connectivity index (χ1v) is 14.8. The van der Waals surface area contributed by atoms with E-state index in [-0.39, 0.29) is 19.8 Å². The van der Waals surface area contributed by atoms with Gasteiger partial charge >= 0.3 is 0 Å². The molecule has 45 heavy (non-hydrogen) atoms. The molecular formula is C40H43ClN2P2. The van der Waals surface area contributed by atoms with Crippen molar-refractivity contribution in [3.8, 4) is 0 Å². The summed E-state index contributed by atoms with van der Waals surface area (Å²) in [6.45, 7) is 4.16. The second-order valence-corrected chi connectivity index (χ2v) is 11.3. The maximum absolute atomic E-state index is 6.93. The van der Waals surface area contributed by atoms with Crippen molar-refractivity contribution in [1.29, 1.82) is 0 Å². The number of hydrogen-bond donors (Lipinski definition) is 2. The molecule has 0 aromatic heterocycles. The summed E-state index contributed by atoms with van der Waals surface area (Å²) < 4.78 is 0. The third-order valence-corrected chi connectivity index (χ3v) is 8.33. The quantitative estimate of drug-likeness (QED) is 0.140. The van der Waals surface area contributed by atoms with Gasteiger partial charge in [-0.3, -0.25) is 0 Å². The fourth-order valence-electron chi connectivity index (χ4n) is 5.49. The van der Waals surface area contributed by atoms with Gasteiger partial charge in [0.05, 0.1) is 11.1 Å². The number of aryl methyl sites for hydroxylation is 2. The largest absolute Gasteiger partial charge is 0.314 e. The Labute approximate surface area is 280 Å². The Morgan fingerprint density at radius 1 is 0.378 bits per heavy atom. The first kappa shape index (κ1) is 35.9. The van der Waals surface area contributed by atoms with Crippen molar-refractivity contribution in [1.82, 2.24) is 0 Å². The SMILES string of the molecule is Cc1ccc(C(N)(c2ccccc2)c2ccccc2)cc1.Cc1ccc(C(N)(c2ccccc2)c2ccccc2Cl)cc1.P.P. The van der Waals surface area contributed by atoms with Crippen molar-refractivity contribution in [3.63, 3.8) is 0 Å². The number of benzene rings is 6. The number of hydrogen-bond acceptors (Lipinski definition) is 2. The monoisotopic (exact) mass is 648 g/mol. The summed E-state index contributed by atoms with van der Waals surface area (Å²) in [4.78, 5) is 0. The molecule has 0 aliphatic heterocycles. The Bertz CT molecular complexity index is 1710. The molecule has 0 heterocycles. The van der Waals surface area contributed by atoms with E-state index in [0.717, 1.165) is 33.4 Å². The van der Waals surface area contributed by atoms with Crippen LogP contribution < -0.4 is 11.5 Å². The fourth-order valence-corrected chi connectivity index (χ4v) is 5.78. The zero-order chi connectivity index (χ0) is 30.3. The molecule has 0 saturated heterocycles. The van der Waals surface area contributed by atoms with E-state index in [2.05, 4.69) is 86.6 Å². The van der Waals surface area contributed by atoms with E-state index >= 15 is 0 Å². The van der Waals surface area contributed by atoms with E-state index in [4.69, 9.17) is 23.1 Å². The molecule has 6 aromatic rings. The molecule has 4 N–H and O–H groups in total. The highest BCUT2D eigenvalue weighted by atomic mass is 35.5. The maximum atomic E-state index is 6.93. The molecule has 0 aliphatic carbocycles. The molecule has 0 saturated carbocycles. The maximum Gasteiger partial charge on any atom is 0.0937 e. The first-order chi connectivity index (χ1) is 20.8. The predicted octanol–water partition coefficient (Wildman–Crippen LogP) is 9.26. The van der Waals surface area contributed by atoms with Gasteiger partial charge in [0.2, 0.25) is 0 Å². The lowest BCUT2D eigenvalue weighted by molar-refractivity contribution is 0.652. The van der Waals surface area contributed by atoms with Crippen LogP contribution in [0.15, 0.2) is 164 Å². The second-order valence-electron chi connectivity index (χ2n) is 10.9. The molecule has 0 aliphatic rings. The standard InChI is InChI=1S/C20H18ClN.C20H19N.2H3P/c1-15-11-13-17(14-12-15)20(22,16-7-3-2-4-8-16)18-9-5-6-10-19(18)21;1-16-12-14-19(15-13-16)20(21,17-8-4-2-5-9-17)18-10-6-3-7-11-18;;/h2-14H,22H2,1H3;2-15H,21H2,1H3;2*1H3. The summed E-state index contributed by atoms with van der Waals surface area (Å²) >= 11 is 6.46. The van der Waals surface area contributed by atoms with Crippen molar-refractivity contribution < 1.29 is 0 Å². The molecule has 0 spiro atoms. The highest BCUT2D eigenvalue weighted by Gasteiger charge is 2.33. The lowest BCUT2D eigenvalue weighted by Crippen LogP contribution is -2.39. The summed E-state index contributed by atoms with van der Waals surface area (Å²) in [5, 5.41) is 0.675. The van der Waals surface area contributed by atoms with Crippen LogP contribution in [0.3, 0.4) is 0 Å². The number of nitrogens with two attached hydrogens (primary N) is 2. The highest BCUT2D eigenvalue weighted by Crippen LogP contribution is 2.38. The Balaban J connectivity index is 0.000000235. The smallest absolute Gasteiger partial charge is 0.0937 e. The van der Waals surface area contributed by atoms with E-state index in [0.29, 0.717) is 5.02 Å². The molecular weight excluding hydrogens is 606 g/mol. The van der Waals surface area contributed by atoms with Crippen molar-refractivity contribution in [2.24, 2.45) is 11.5 Å². The van der Waals surface area contributed by atoms with Crippen molar-refractivity contribution in [2.45, 2.75) is 24.9 Å². The van der Waals surface area contributed by atoms with E-state index in [1.54, 1.807) is 0 Å². The summed E-state index contributed by atoms with van der Waals surface area (Å²) in [6, 6.07) is 55.2. The van der Waals surface area contributed by atoms with Crippen LogP contribution in [-0.2, 0) is 11.1 Å². The molecule has 3 atom stereocenters. The first-order valence-electron chi connectivity index (χ1n) is 14.5. The average molecular weight is 649 g/mol. The summed E-state index contributed by atoms with van der Waals surface area (Å²) in [5.74, 6) is 0. The van der Waals surface area contributed by atoms with Crippen LogP contribution in [0.2, 0.25) is 5.02 Å².